The molecule has 0 aliphatic carbocycles. The average Bonchev–Trinajstić information content (AvgIpc) is 1.78. The van der Waals surface area contributed by atoms with Crippen molar-refractivity contribution in [1.82, 2.24) is 0 Å². The zero-order chi connectivity index (χ0) is 7.56. The Morgan fingerprint density at radius 1 is 1.90 bits per heavy atom. The predicted molar refractivity (Wildman–Crippen MR) is 35.5 cm³/mol. The number of rotatable bonds is 3. The van der Waals surface area contributed by atoms with E-state index in [-0.39, 0.29) is 6.10 Å². The summed E-state index contributed by atoms with van der Waals surface area (Å²) in [6.45, 7) is 2.00. The van der Waals surface area contributed by atoms with Crippen LogP contribution in [-0.4, -0.2) is 17.2 Å². The minimum absolute atomic E-state index is 0.150. The third-order valence-electron chi connectivity index (χ3n) is 1.50. The highest BCUT2D eigenvalue weighted by molar-refractivity contribution is 5.88. The van der Waals surface area contributed by atoms with Crippen LogP contribution in [0.3, 0.4) is 0 Å². The van der Waals surface area contributed by atoms with Crippen molar-refractivity contribution in [1.29, 1.82) is 0 Å². The van der Waals surface area contributed by atoms with E-state index >= 15 is 0 Å². The molecule has 1 atom stereocenters. The second kappa shape index (κ2) is 2.73. The van der Waals surface area contributed by atoms with Crippen molar-refractivity contribution < 1.29 is 14.6 Å². The number of hydrogen-bond donors (Lipinski definition) is 1. The van der Waals surface area contributed by atoms with Crippen molar-refractivity contribution in [3.63, 3.8) is 0 Å². The molecule has 0 amide bonds. The second-order valence-electron chi connectivity index (χ2n) is 2.29. The number of hydrogen-bond acceptors (Lipinski definition) is 2. The first kappa shape index (κ1) is 7.12. The van der Waals surface area contributed by atoms with Gasteiger partial charge in [0.1, 0.15) is 11.7 Å². The third kappa shape index (κ3) is 1.12. The van der Waals surface area contributed by atoms with E-state index in [0.29, 0.717) is 5.57 Å². The first-order valence-corrected chi connectivity index (χ1v) is 3.34. The minimum Gasteiger partial charge on any atom is -0.492 e. The van der Waals surface area contributed by atoms with Gasteiger partial charge < -0.3 is 9.84 Å². The maximum absolute atomic E-state index is 10.3. The van der Waals surface area contributed by atoms with Gasteiger partial charge in [-0.3, -0.25) is 0 Å². The Bertz CT molecular complexity index is 172. The van der Waals surface area contributed by atoms with E-state index in [4.69, 9.17) is 9.84 Å². The summed E-state index contributed by atoms with van der Waals surface area (Å²) in [6.07, 6.45) is 2.92. The monoisotopic (exact) mass is 142 g/mol. The highest BCUT2D eigenvalue weighted by atomic mass is 16.5. The van der Waals surface area contributed by atoms with Gasteiger partial charge in [-0.1, -0.05) is 13.3 Å². The number of carboxylic acid groups (broad SMARTS) is 1. The van der Waals surface area contributed by atoms with Crippen LogP contribution in [0, 0.1) is 0 Å². The third-order valence-corrected chi connectivity index (χ3v) is 1.50. The molecule has 10 heavy (non-hydrogen) atoms. The zero-order valence-electron chi connectivity index (χ0n) is 5.83. The molecule has 0 radical (unpaired) electrons. The van der Waals surface area contributed by atoms with Gasteiger partial charge in [0, 0.05) is 0 Å². The summed E-state index contributed by atoms with van der Waals surface area (Å²) in [5.74, 6) is -0.857. The summed E-state index contributed by atoms with van der Waals surface area (Å²) in [5.41, 5.74) is 0.404. The van der Waals surface area contributed by atoms with E-state index in [1.807, 2.05) is 6.92 Å². The van der Waals surface area contributed by atoms with Crippen LogP contribution < -0.4 is 0 Å². The van der Waals surface area contributed by atoms with E-state index in [0.717, 1.165) is 12.8 Å². The highest BCUT2D eigenvalue weighted by Gasteiger charge is 2.27. The zero-order valence-corrected chi connectivity index (χ0v) is 5.83. The van der Waals surface area contributed by atoms with Gasteiger partial charge in [0.25, 0.3) is 0 Å². The summed E-state index contributed by atoms with van der Waals surface area (Å²) in [6, 6.07) is 0. The van der Waals surface area contributed by atoms with Crippen molar-refractivity contribution in [2.45, 2.75) is 25.9 Å². The number of ether oxygens (including phenoxy) is 1. The van der Waals surface area contributed by atoms with E-state index in [2.05, 4.69) is 0 Å². The van der Waals surface area contributed by atoms with Crippen LogP contribution in [0.5, 0.6) is 0 Å². The molecule has 1 heterocycles. The van der Waals surface area contributed by atoms with Crippen molar-refractivity contribution in [2.75, 3.05) is 0 Å². The van der Waals surface area contributed by atoms with E-state index in [9.17, 15) is 4.79 Å². The van der Waals surface area contributed by atoms with Gasteiger partial charge in [0.05, 0.1) is 6.26 Å². The Labute approximate surface area is 59.3 Å². The molecular formula is C7H10O3. The Balaban J connectivity index is 2.42. The quantitative estimate of drug-likeness (QED) is 0.643. The minimum atomic E-state index is -0.857. The van der Waals surface area contributed by atoms with Gasteiger partial charge in [0.15, 0.2) is 0 Å². The van der Waals surface area contributed by atoms with Gasteiger partial charge in [-0.05, 0) is 6.42 Å². The molecule has 56 valence electrons. The molecule has 1 aliphatic rings. The lowest BCUT2D eigenvalue weighted by Crippen LogP contribution is -2.27. The summed E-state index contributed by atoms with van der Waals surface area (Å²) >= 11 is 0. The van der Waals surface area contributed by atoms with Crippen LogP contribution in [0.25, 0.3) is 0 Å². The van der Waals surface area contributed by atoms with Crippen LogP contribution in [-0.2, 0) is 9.53 Å². The van der Waals surface area contributed by atoms with Crippen molar-refractivity contribution in [3.8, 4) is 0 Å². The molecule has 0 bridgehead atoms. The molecule has 3 heteroatoms. The summed E-state index contributed by atoms with van der Waals surface area (Å²) < 4.78 is 4.90. The molecule has 1 aliphatic heterocycles. The van der Waals surface area contributed by atoms with Crippen molar-refractivity contribution >= 4 is 5.97 Å². The first-order valence-electron chi connectivity index (χ1n) is 3.34. The van der Waals surface area contributed by atoms with Gasteiger partial charge in [-0.15, -0.1) is 0 Å². The highest BCUT2D eigenvalue weighted by Crippen LogP contribution is 2.22. The molecule has 1 N–H and O–H groups in total. The van der Waals surface area contributed by atoms with Crippen LogP contribution >= 0.6 is 0 Å². The topological polar surface area (TPSA) is 46.5 Å². The summed E-state index contributed by atoms with van der Waals surface area (Å²) in [4.78, 5) is 10.3. The molecule has 0 aromatic heterocycles. The lowest BCUT2D eigenvalue weighted by Gasteiger charge is -2.24. The molecule has 1 rings (SSSR count). The summed E-state index contributed by atoms with van der Waals surface area (Å²) in [7, 11) is 0. The molecule has 0 saturated heterocycles. The fourth-order valence-corrected chi connectivity index (χ4v) is 0.906. The normalized spacial score (nSPS) is 22.5. The summed E-state index contributed by atoms with van der Waals surface area (Å²) in [5, 5.41) is 8.48. The van der Waals surface area contributed by atoms with E-state index in [1.54, 1.807) is 0 Å². The van der Waals surface area contributed by atoms with Gasteiger partial charge in [0.2, 0.25) is 0 Å². The van der Waals surface area contributed by atoms with E-state index < -0.39 is 5.97 Å². The van der Waals surface area contributed by atoms with Gasteiger partial charge in [-0.2, -0.15) is 0 Å². The molecule has 0 spiro atoms. The van der Waals surface area contributed by atoms with Crippen molar-refractivity contribution in [3.05, 3.63) is 11.8 Å². The molecule has 0 aromatic rings. The second-order valence-corrected chi connectivity index (χ2v) is 2.29. The molecule has 0 fully saturated rings. The average molecular weight is 142 g/mol. The lowest BCUT2D eigenvalue weighted by atomic mass is 10.0. The number of aliphatic carboxylic acids is 1. The maximum Gasteiger partial charge on any atom is 0.338 e. The molecule has 3 nitrogen and oxygen atoms in total. The Morgan fingerprint density at radius 2 is 2.60 bits per heavy atom. The van der Waals surface area contributed by atoms with Crippen LogP contribution in [0.1, 0.15) is 19.8 Å². The Hall–Kier alpha value is -0.990. The number of carboxylic acids is 1. The standard InChI is InChI=1S/C7H10O3/c1-2-3-6-5(4-10-6)7(8)9/h4,6H,2-3H2,1H3,(H,8,9). The van der Waals surface area contributed by atoms with Crippen LogP contribution in [0.15, 0.2) is 11.8 Å². The Kier molecular flexibility index (Phi) is 1.94. The fourth-order valence-electron chi connectivity index (χ4n) is 0.906. The van der Waals surface area contributed by atoms with Gasteiger partial charge >= 0.3 is 5.97 Å². The first-order chi connectivity index (χ1) is 4.75. The van der Waals surface area contributed by atoms with Crippen molar-refractivity contribution in [2.24, 2.45) is 0 Å². The molecule has 0 saturated carbocycles. The van der Waals surface area contributed by atoms with E-state index in [1.165, 1.54) is 6.26 Å². The smallest absolute Gasteiger partial charge is 0.338 e. The molecule has 1 unspecified atom stereocenters. The predicted octanol–water partition coefficient (Wildman–Crippen LogP) is 1.15. The SMILES string of the molecule is CCCC1OC=C1C(=O)O. The largest absolute Gasteiger partial charge is 0.492 e. The van der Waals surface area contributed by atoms with Gasteiger partial charge in [-0.25, -0.2) is 4.79 Å². The number of carbonyl (C=O) groups is 1. The molecule has 0 aromatic carbocycles. The van der Waals surface area contributed by atoms with Crippen LogP contribution in [0.4, 0.5) is 0 Å². The molecular weight excluding hydrogens is 132 g/mol. The lowest BCUT2D eigenvalue weighted by molar-refractivity contribution is -0.135. The fraction of sp³-hybridized carbons (Fsp3) is 0.571. The van der Waals surface area contributed by atoms with Crippen LogP contribution in [0.2, 0.25) is 0 Å². The Morgan fingerprint density at radius 3 is 2.90 bits per heavy atom. The maximum atomic E-state index is 10.3.